The second-order valence-corrected chi connectivity index (χ2v) is 8.03. The molecular weight excluding hydrogens is 390 g/mol. The number of ketones is 1. The molecule has 152 valence electrons. The Morgan fingerprint density at radius 3 is 2.52 bits per heavy atom. The number of carbonyl (C=O) groups is 3. The Morgan fingerprint density at radius 2 is 1.86 bits per heavy atom. The maximum atomic E-state index is 12.4. The van der Waals surface area contributed by atoms with Gasteiger partial charge in [0.25, 0.3) is 12.4 Å². The number of rotatable bonds is 4. The number of nitrogens with zero attached hydrogens (tertiary/aromatic N) is 2. The minimum atomic E-state index is -0.250. The molecule has 8 heteroatoms. The van der Waals surface area contributed by atoms with E-state index in [0.29, 0.717) is 15.8 Å². The van der Waals surface area contributed by atoms with Crippen molar-refractivity contribution in [2.75, 3.05) is 0 Å². The van der Waals surface area contributed by atoms with E-state index in [1.807, 2.05) is 12.3 Å². The van der Waals surface area contributed by atoms with Crippen molar-refractivity contribution in [3.8, 4) is 11.4 Å². The van der Waals surface area contributed by atoms with E-state index in [-0.39, 0.29) is 24.2 Å². The normalized spacial score (nSPS) is 18.5. The number of nitrogens with one attached hydrogen (secondary N) is 1. The zero-order valence-corrected chi connectivity index (χ0v) is 16.9. The van der Waals surface area contributed by atoms with Crippen LogP contribution in [-0.2, 0) is 4.79 Å². The van der Waals surface area contributed by atoms with Crippen LogP contribution in [0.4, 0.5) is 0 Å². The van der Waals surface area contributed by atoms with Crippen LogP contribution < -0.4 is 5.32 Å². The lowest BCUT2D eigenvalue weighted by Gasteiger charge is -2.31. The number of pyridine rings is 1. The molecule has 0 atom stereocenters. The second-order valence-electron chi connectivity index (χ2n) is 6.94. The first-order chi connectivity index (χ1) is 14.0. The molecule has 3 aliphatic rings. The van der Waals surface area contributed by atoms with Gasteiger partial charge >= 0.3 is 0 Å². The molecule has 29 heavy (non-hydrogen) atoms. The summed E-state index contributed by atoms with van der Waals surface area (Å²) in [6, 6.07) is 10.3. The van der Waals surface area contributed by atoms with Gasteiger partial charge in [-0.15, -0.1) is 11.3 Å². The lowest BCUT2D eigenvalue weighted by molar-refractivity contribution is -0.122. The highest BCUT2D eigenvalue weighted by atomic mass is 32.1. The van der Waals surface area contributed by atoms with Gasteiger partial charge in [-0.3, -0.25) is 14.4 Å². The van der Waals surface area contributed by atoms with Crippen molar-refractivity contribution in [2.24, 2.45) is 0 Å². The molecule has 2 N–H and O–H groups in total. The van der Waals surface area contributed by atoms with E-state index in [2.05, 4.69) is 33.2 Å². The Bertz CT molecular complexity index is 956. The summed E-state index contributed by atoms with van der Waals surface area (Å²) in [5.41, 5.74) is 1.17. The van der Waals surface area contributed by atoms with E-state index < -0.39 is 0 Å². The van der Waals surface area contributed by atoms with E-state index >= 15 is 0 Å². The van der Waals surface area contributed by atoms with Crippen LogP contribution in [0, 0.1) is 0 Å². The SMILES string of the molecule is CC(=O)c1ccc(C(=O)NC2CCC(n3cccc4ccnc3-4)CC2)s1.O=CO. The average molecular weight is 413 g/mol. The number of Topliss-reactive ketones (excluding diaryl/α,β-unsaturated/α-hetero) is 1. The summed E-state index contributed by atoms with van der Waals surface area (Å²) in [5.74, 6) is 0.968. The van der Waals surface area contributed by atoms with Crippen molar-refractivity contribution >= 4 is 29.5 Å². The van der Waals surface area contributed by atoms with Crippen molar-refractivity contribution in [2.45, 2.75) is 44.7 Å². The fourth-order valence-corrected chi connectivity index (χ4v) is 4.50. The molecule has 0 bridgehead atoms. The van der Waals surface area contributed by atoms with E-state index in [1.54, 1.807) is 12.1 Å². The van der Waals surface area contributed by atoms with Crippen LogP contribution in [0.3, 0.4) is 0 Å². The fourth-order valence-electron chi connectivity index (χ4n) is 3.69. The van der Waals surface area contributed by atoms with Crippen molar-refractivity contribution in [3.63, 3.8) is 0 Å². The molecule has 0 unspecified atom stereocenters. The standard InChI is InChI=1S/C20H21N3O2S.CH2O2/c1-13(24)17-8-9-18(26-17)20(25)22-15-4-6-16(7-5-15)23-12-2-3-14-10-11-21-19(14)23;2-1-3/h2-3,8-12,15-16H,4-7H2,1H3,(H,22,25);1H,(H,2,3). The Hall–Kier alpha value is -3.00. The maximum absolute atomic E-state index is 12.4. The predicted octanol–water partition coefficient (Wildman–Crippen LogP) is 3.87. The van der Waals surface area contributed by atoms with E-state index in [9.17, 15) is 9.59 Å². The first-order valence-electron chi connectivity index (χ1n) is 9.44. The van der Waals surface area contributed by atoms with Gasteiger partial charge in [-0.05, 0) is 62.9 Å². The maximum Gasteiger partial charge on any atom is 0.290 e. The summed E-state index contributed by atoms with van der Waals surface area (Å²) in [4.78, 5) is 37.9. The van der Waals surface area contributed by atoms with Crippen molar-refractivity contribution in [1.29, 1.82) is 0 Å². The van der Waals surface area contributed by atoms with Crippen LogP contribution in [0.2, 0.25) is 0 Å². The largest absolute Gasteiger partial charge is 0.483 e. The minimum absolute atomic E-state index is 0.00174. The van der Waals surface area contributed by atoms with Crippen molar-refractivity contribution < 1.29 is 19.5 Å². The topological polar surface area (TPSA) is 101 Å². The highest BCUT2D eigenvalue weighted by molar-refractivity contribution is 7.15. The predicted molar refractivity (Wildman–Crippen MR) is 111 cm³/mol. The second kappa shape index (κ2) is 9.47. The molecule has 4 rings (SSSR count). The number of aromatic nitrogens is 2. The zero-order valence-electron chi connectivity index (χ0n) is 16.1. The molecule has 1 aromatic heterocycles. The monoisotopic (exact) mass is 413 g/mol. The first-order valence-corrected chi connectivity index (χ1v) is 10.3. The smallest absolute Gasteiger partial charge is 0.290 e. The summed E-state index contributed by atoms with van der Waals surface area (Å²) in [6.45, 7) is 1.27. The lowest BCUT2D eigenvalue weighted by Crippen LogP contribution is -2.37. The van der Waals surface area contributed by atoms with Gasteiger partial charge in [-0.25, -0.2) is 4.98 Å². The third-order valence-corrected chi connectivity index (χ3v) is 6.26. The Balaban J connectivity index is 0.000000755. The summed E-state index contributed by atoms with van der Waals surface area (Å²) >= 11 is 1.26. The molecule has 1 aliphatic carbocycles. The highest BCUT2D eigenvalue weighted by Gasteiger charge is 2.25. The van der Waals surface area contributed by atoms with Crippen LogP contribution in [0.15, 0.2) is 42.7 Å². The fraction of sp³-hybridized carbons (Fsp3) is 0.333. The van der Waals surface area contributed by atoms with Gasteiger partial charge < -0.3 is 15.0 Å². The lowest BCUT2D eigenvalue weighted by atomic mass is 9.90. The van der Waals surface area contributed by atoms with Crippen molar-refractivity contribution in [3.05, 3.63) is 52.5 Å². The number of fused-ring (bicyclic) bond motifs is 1. The van der Waals surface area contributed by atoms with Gasteiger partial charge in [0.2, 0.25) is 0 Å². The quantitative estimate of drug-likeness (QED) is 0.499. The van der Waals surface area contributed by atoms with E-state index in [4.69, 9.17) is 9.90 Å². The van der Waals surface area contributed by atoms with Crippen molar-refractivity contribution in [1.82, 2.24) is 14.9 Å². The molecule has 0 aromatic carbocycles. The molecule has 1 amide bonds. The van der Waals surface area contributed by atoms with Crippen LogP contribution in [0.5, 0.6) is 0 Å². The van der Waals surface area contributed by atoms with Crippen LogP contribution in [-0.4, -0.2) is 38.9 Å². The number of thiophene rings is 1. The molecular formula is C21H23N3O4S. The molecule has 1 aromatic rings. The van der Waals surface area contributed by atoms with Crippen LogP contribution in [0.1, 0.15) is 58.0 Å². The van der Waals surface area contributed by atoms with Gasteiger partial charge in [0, 0.05) is 30.0 Å². The number of carboxylic acid groups (broad SMARTS) is 1. The third-order valence-electron chi connectivity index (χ3n) is 5.08. The highest BCUT2D eigenvalue weighted by Crippen LogP contribution is 2.33. The number of hydrogen-bond acceptors (Lipinski definition) is 5. The van der Waals surface area contributed by atoms with E-state index in [0.717, 1.165) is 31.5 Å². The summed E-state index contributed by atoms with van der Waals surface area (Å²) in [6.07, 6.45) is 7.89. The minimum Gasteiger partial charge on any atom is -0.483 e. The third kappa shape index (κ3) is 4.89. The van der Waals surface area contributed by atoms with E-state index in [1.165, 1.54) is 23.8 Å². The average Bonchev–Trinajstić information content (AvgIpc) is 3.39. The number of hydrogen-bond donors (Lipinski definition) is 2. The molecule has 0 radical (unpaired) electrons. The summed E-state index contributed by atoms with van der Waals surface area (Å²) in [7, 11) is 0. The molecule has 7 nitrogen and oxygen atoms in total. The van der Waals surface area contributed by atoms with Crippen LogP contribution >= 0.6 is 11.3 Å². The van der Waals surface area contributed by atoms with Gasteiger partial charge in [-0.1, -0.05) is 0 Å². The number of amides is 1. The summed E-state index contributed by atoms with van der Waals surface area (Å²) in [5, 5.41) is 10.0. The summed E-state index contributed by atoms with van der Waals surface area (Å²) < 4.78 is 2.27. The molecule has 0 saturated heterocycles. The number of carbonyl (C=O) groups excluding carboxylic acids is 2. The Kier molecular flexibility index (Phi) is 6.77. The first kappa shape index (κ1) is 20.7. The van der Waals surface area contributed by atoms with Gasteiger partial charge in [0.1, 0.15) is 5.82 Å². The Morgan fingerprint density at radius 1 is 1.17 bits per heavy atom. The van der Waals surface area contributed by atoms with Gasteiger partial charge in [0.15, 0.2) is 5.78 Å². The van der Waals surface area contributed by atoms with Gasteiger partial charge in [0.05, 0.1) is 9.75 Å². The van der Waals surface area contributed by atoms with Gasteiger partial charge in [-0.2, -0.15) is 0 Å². The molecule has 1 fully saturated rings. The Labute approximate surface area is 172 Å². The molecule has 3 heterocycles. The van der Waals surface area contributed by atoms with Crippen LogP contribution in [0.25, 0.3) is 11.4 Å². The molecule has 0 spiro atoms. The zero-order chi connectivity index (χ0) is 20.8. The molecule has 2 aliphatic heterocycles. The molecule has 1 saturated carbocycles.